The van der Waals surface area contributed by atoms with Gasteiger partial charge in [-0.1, -0.05) is 11.6 Å². The van der Waals surface area contributed by atoms with Crippen LogP contribution >= 0.6 is 11.6 Å². The van der Waals surface area contributed by atoms with Gasteiger partial charge in [0.25, 0.3) is 0 Å². The molecular formula is C14H17ClN2O. The van der Waals surface area contributed by atoms with E-state index in [1.165, 1.54) is 5.56 Å². The third-order valence-electron chi connectivity index (χ3n) is 2.79. The largest absolute Gasteiger partial charge is 0.467 e. The minimum atomic E-state index is 0.741. The van der Waals surface area contributed by atoms with Crippen LogP contribution in [0.25, 0.3) is 0 Å². The van der Waals surface area contributed by atoms with Crippen LogP contribution in [-0.2, 0) is 13.1 Å². The molecule has 0 atom stereocenters. The lowest BCUT2D eigenvalue weighted by Gasteiger charge is -2.21. The minimum absolute atomic E-state index is 0.741. The van der Waals surface area contributed by atoms with Crippen molar-refractivity contribution in [3.63, 3.8) is 0 Å². The molecule has 0 aliphatic rings. The van der Waals surface area contributed by atoms with Gasteiger partial charge in [0.15, 0.2) is 0 Å². The number of benzene rings is 1. The smallest absolute Gasteiger partial charge is 0.123 e. The van der Waals surface area contributed by atoms with E-state index < -0.39 is 0 Å². The molecule has 0 spiro atoms. The Morgan fingerprint density at radius 1 is 1.33 bits per heavy atom. The molecule has 0 bridgehead atoms. The molecule has 0 aliphatic carbocycles. The van der Waals surface area contributed by atoms with Crippen LogP contribution in [0.5, 0.6) is 0 Å². The number of halogens is 1. The summed E-state index contributed by atoms with van der Waals surface area (Å²) in [5.41, 5.74) is 2.34. The number of furan rings is 1. The van der Waals surface area contributed by atoms with Gasteiger partial charge in [0, 0.05) is 24.3 Å². The van der Waals surface area contributed by atoms with Crippen molar-refractivity contribution in [2.24, 2.45) is 0 Å². The maximum Gasteiger partial charge on any atom is 0.123 e. The molecule has 1 aromatic carbocycles. The predicted octanol–water partition coefficient (Wildman–Crippen LogP) is 3.29. The average Bonchev–Trinajstić information content (AvgIpc) is 2.82. The van der Waals surface area contributed by atoms with Gasteiger partial charge in [-0.3, -0.25) is 0 Å². The Hall–Kier alpha value is -1.45. The Morgan fingerprint density at radius 3 is 2.83 bits per heavy atom. The number of hydrogen-bond donors (Lipinski definition) is 1. The number of anilines is 1. The van der Waals surface area contributed by atoms with Gasteiger partial charge in [-0.05, 0) is 42.9 Å². The summed E-state index contributed by atoms with van der Waals surface area (Å²) in [7, 11) is 3.97. The van der Waals surface area contributed by atoms with Crippen molar-refractivity contribution in [2.75, 3.05) is 19.0 Å². The molecule has 0 saturated carbocycles. The van der Waals surface area contributed by atoms with Gasteiger partial charge in [-0.15, -0.1) is 0 Å². The van der Waals surface area contributed by atoms with E-state index in [0.29, 0.717) is 0 Å². The summed E-state index contributed by atoms with van der Waals surface area (Å²) >= 11 is 6.04. The van der Waals surface area contributed by atoms with E-state index in [9.17, 15) is 0 Å². The minimum Gasteiger partial charge on any atom is -0.467 e. The molecule has 1 heterocycles. The van der Waals surface area contributed by atoms with Crippen LogP contribution in [0.3, 0.4) is 0 Å². The summed E-state index contributed by atoms with van der Waals surface area (Å²) in [5, 5.41) is 3.92. The van der Waals surface area contributed by atoms with E-state index in [0.717, 1.165) is 29.6 Å². The Bertz CT molecular complexity index is 497. The van der Waals surface area contributed by atoms with Crippen LogP contribution in [0.15, 0.2) is 41.0 Å². The summed E-state index contributed by atoms with van der Waals surface area (Å²) in [6, 6.07) is 9.82. The molecule has 0 unspecified atom stereocenters. The summed E-state index contributed by atoms with van der Waals surface area (Å²) in [6.45, 7) is 1.53. The molecule has 2 aromatic rings. The predicted molar refractivity (Wildman–Crippen MR) is 75.0 cm³/mol. The molecule has 1 aromatic heterocycles. The lowest BCUT2D eigenvalue weighted by Crippen LogP contribution is -2.19. The Balaban J connectivity index is 2.20. The van der Waals surface area contributed by atoms with Crippen molar-refractivity contribution in [1.29, 1.82) is 0 Å². The maximum atomic E-state index is 6.04. The fourth-order valence-electron chi connectivity index (χ4n) is 1.98. The first-order valence-corrected chi connectivity index (χ1v) is 6.25. The molecule has 0 fully saturated rings. The number of nitrogens with zero attached hydrogens (tertiary/aromatic N) is 1. The lowest BCUT2D eigenvalue weighted by molar-refractivity contribution is 0.507. The zero-order valence-electron chi connectivity index (χ0n) is 10.6. The summed E-state index contributed by atoms with van der Waals surface area (Å²) < 4.78 is 5.37. The van der Waals surface area contributed by atoms with E-state index in [1.807, 2.05) is 44.4 Å². The van der Waals surface area contributed by atoms with E-state index in [4.69, 9.17) is 16.0 Å². The van der Waals surface area contributed by atoms with Crippen molar-refractivity contribution in [3.8, 4) is 0 Å². The maximum absolute atomic E-state index is 6.04. The molecule has 0 aliphatic heterocycles. The van der Waals surface area contributed by atoms with E-state index >= 15 is 0 Å². The van der Waals surface area contributed by atoms with Crippen LogP contribution < -0.4 is 10.2 Å². The molecule has 2 rings (SSSR count). The Kier molecular flexibility index (Phi) is 4.28. The summed E-state index contributed by atoms with van der Waals surface area (Å²) in [4.78, 5) is 2.15. The fourth-order valence-corrected chi connectivity index (χ4v) is 2.17. The van der Waals surface area contributed by atoms with Crippen LogP contribution in [0, 0.1) is 0 Å². The fraction of sp³-hybridized carbons (Fsp3) is 0.286. The summed E-state index contributed by atoms with van der Waals surface area (Å²) in [5.74, 6) is 0.947. The van der Waals surface area contributed by atoms with Gasteiger partial charge in [-0.25, -0.2) is 0 Å². The van der Waals surface area contributed by atoms with Crippen molar-refractivity contribution >= 4 is 17.3 Å². The van der Waals surface area contributed by atoms with Crippen LogP contribution in [0.1, 0.15) is 11.3 Å². The van der Waals surface area contributed by atoms with Gasteiger partial charge >= 0.3 is 0 Å². The standard InChI is InChI=1S/C14H17ClN2O/c1-16-9-11-8-12(15)5-6-14(11)17(2)10-13-4-3-7-18-13/h3-8,16H,9-10H2,1-2H3. The third-order valence-corrected chi connectivity index (χ3v) is 3.03. The quantitative estimate of drug-likeness (QED) is 0.898. The van der Waals surface area contributed by atoms with E-state index in [2.05, 4.69) is 10.2 Å². The van der Waals surface area contributed by atoms with Gasteiger partial charge in [-0.2, -0.15) is 0 Å². The normalized spacial score (nSPS) is 10.6. The molecule has 1 N–H and O–H groups in total. The van der Waals surface area contributed by atoms with E-state index in [-0.39, 0.29) is 0 Å². The Labute approximate surface area is 112 Å². The SMILES string of the molecule is CNCc1cc(Cl)ccc1N(C)Cc1ccco1. The number of nitrogens with one attached hydrogen (secondary N) is 1. The van der Waals surface area contributed by atoms with Gasteiger partial charge in [0.1, 0.15) is 5.76 Å². The van der Waals surface area contributed by atoms with Crippen LogP contribution in [-0.4, -0.2) is 14.1 Å². The highest BCUT2D eigenvalue weighted by molar-refractivity contribution is 6.30. The Morgan fingerprint density at radius 2 is 2.17 bits per heavy atom. The van der Waals surface area contributed by atoms with Gasteiger partial charge in [0.2, 0.25) is 0 Å². The molecule has 3 nitrogen and oxygen atoms in total. The molecule has 18 heavy (non-hydrogen) atoms. The monoisotopic (exact) mass is 264 g/mol. The second-order valence-electron chi connectivity index (χ2n) is 4.24. The topological polar surface area (TPSA) is 28.4 Å². The highest BCUT2D eigenvalue weighted by Crippen LogP contribution is 2.24. The first-order chi connectivity index (χ1) is 8.70. The first kappa shape index (κ1) is 13.0. The molecule has 96 valence electrons. The third kappa shape index (κ3) is 3.06. The highest BCUT2D eigenvalue weighted by atomic mass is 35.5. The van der Waals surface area contributed by atoms with Crippen molar-refractivity contribution in [2.45, 2.75) is 13.1 Å². The van der Waals surface area contributed by atoms with Crippen molar-refractivity contribution in [3.05, 3.63) is 52.9 Å². The summed E-state index contributed by atoms with van der Waals surface area (Å²) in [6.07, 6.45) is 1.69. The number of rotatable bonds is 5. The molecule has 4 heteroatoms. The van der Waals surface area contributed by atoms with Crippen molar-refractivity contribution in [1.82, 2.24) is 5.32 Å². The van der Waals surface area contributed by atoms with E-state index in [1.54, 1.807) is 6.26 Å². The first-order valence-electron chi connectivity index (χ1n) is 5.87. The molecule has 0 radical (unpaired) electrons. The molecule has 0 saturated heterocycles. The number of hydrogen-bond acceptors (Lipinski definition) is 3. The second kappa shape index (κ2) is 5.94. The molecular weight excluding hydrogens is 248 g/mol. The lowest BCUT2D eigenvalue weighted by atomic mass is 10.1. The second-order valence-corrected chi connectivity index (χ2v) is 4.68. The van der Waals surface area contributed by atoms with Gasteiger partial charge in [0.05, 0.1) is 12.8 Å². The van der Waals surface area contributed by atoms with Crippen LogP contribution in [0.4, 0.5) is 5.69 Å². The molecule has 0 amide bonds. The van der Waals surface area contributed by atoms with Gasteiger partial charge < -0.3 is 14.6 Å². The van der Waals surface area contributed by atoms with Crippen molar-refractivity contribution < 1.29 is 4.42 Å². The van der Waals surface area contributed by atoms with Crippen LogP contribution in [0.2, 0.25) is 5.02 Å². The zero-order chi connectivity index (χ0) is 13.0. The average molecular weight is 265 g/mol. The highest BCUT2D eigenvalue weighted by Gasteiger charge is 2.09. The zero-order valence-corrected chi connectivity index (χ0v) is 11.4.